The molecule has 0 aromatic rings. The molecule has 0 aromatic carbocycles. The zero-order valence-electron chi connectivity index (χ0n) is 9.62. The van der Waals surface area contributed by atoms with Crippen LogP contribution in [0.15, 0.2) is 0 Å². The van der Waals surface area contributed by atoms with Gasteiger partial charge in [0.1, 0.15) is 6.10 Å². The summed E-state index contributed by atoms with van der Waals surface area (Å²) >= 11 is 0. The highest BCUT2D eigenvalue weighted by Gasteiger charge is 2.31. The van der Waals surface area contributed by atoms with Gasteiger partial charge in [0.15, 0.2) is 0 Å². The van der Waals surface area contributed by atoms with Gasteiger partial charge in [0.2, 0.25) is 0 Å². The summed E-state index contributed by atoms with van der Waals surface area (Å²) in [5.74, 6) is 0.380. The summed E-state index contributed by atoms with van der Waals surface area (Å²) in [6.07, 6.45) is 1.56. The molecule has 82 valence electrons. The van der Waals surface area contributed by atoms with E-state index in [-0.39, 0.29) is 12.1 Å². The van der Waals surface area contributed by atoms with Gasteiger partial charge in [-0.25, -0.2) is 0 Å². The molecule has 1 aliphatic rings. The highest BCUT2D eigenvalue weighted by atomic mass is 16.5. The van der Waals surface area contributed by atoms with Gasteiger partial charge in [0.05, 0.1) is 0 Å². The van der Waals surface area contributed by atoms with E-state index in [1.807, 2.05) is 6.92 Å². The first-order valence-corrected chi connectivity index (χ1v) is 5.44. The molecule has 0 N–H and O–H groups in total. The number of esters is 1. The quantitative estimate of drug-likeness (QED) is 0.634. The summed E-state index contributed by atoms with van der Waals surface area (Å²) in [6.45, 7) is 7.18. The van der Waals surface area contributed by atoms with E-state index in [0.29, 0.717) is 18.4 Å². The first-order valence-electron chi connectivity index (χ1n) is 5.44. The fourth-order valence-electron chi connectivity index (χ4n) is 1.92. The van der Waals surface area contributed by atoms with Crippen LogP contribution in [0.4, 0.5) is 0 Å². The van der Waals surface area contributed by atoms with Crippen LogP contribution in [0.25, 0.3) is 0 Å². The van der Waals surface area contributed by atoms with E-state index in [0.717, 1.165) is 13.0 Å². The van der Waals surface area contributed by atoms with Gasteiger partial charge in [-0.3, -0.25) is 4.79 Å². The second-order valence-corrected chi connectivity index (χ2v) is 4.38. The summed E-state index contributed by atoms with van der Waals surface area (Å²) in [5.41, 5.74) is 0. The maximum atomic E-state index is 11.2. The van der Waals surface area contributed by atoms with Crippen LogP contribution in [0.5, 0.6) is 0 Å². The lowest BCUT2D eigenvalue weighted by atomic mass is 9.92. The lowest BCUT2D eigenvalue weighted by molar-refractivity contribution is -0.155. The van der Waals surface area contributed by atoms with Crippen molar-refractivity contribution in [3.8, 4) is 0 Å². The Bertz CT molecular complexity index is 205. The molecule has 3 atom stereocenters. The largest absolute Gasteiger partial charge is 0.462 e. The zero-order valence-corrected chi connectivity index (χ0v) is 9.62. The van der Waals surface area contributed by atoms with Gasteiger partial charge in [-0.15, -0.1) is 0 Å². The first-order chi connectivity index (χ1) is 6.54. The lowest BCUT2D eigenvalue weighted by Crippen LogP contribution is -2.46. The van der Waals surface area contributed by atoms with E-state index < -0.39 is 0 Å². The standard InChI is InChI=1S/C11H21NO2/c1-5-11(13)14-10-6-9(3)12(4)7-8(10)2/h8-10H,5-7H2,1-4H3/t8-,9-,10+/m0/s1. The molecule has 3 heteroatoms. The van der Waals surface area contributed by atoms with Crippen molar-refractivity contribution in [2.45, 2.75) is 45.8 Å². The molecule has 1 saturated heterocycles. The van der Waals surface area contributed by atoms with Crippen molar-refractivity contribution in [1.82, 2.24) is 4.90 Å². The third kappa shape index (κ3) is 2.71. The first kappa shape index (κ1) is 11.5. The molecule has 0 radical (unpaired) electrons. The van der Waals surface area contributed by atoms with Crippen LogP contribution < -0.4 is 0 Å². The Hall–Kier alpha value is -0.570. The van der Waals surface area contributed by atoms with Crippen molar-refractivity contribution >= 4 is 5.97 Å². The average Bonchev–Trinajstić information content (AvgIpc) is 2.14. The fraction of sp³-hybridized carbons (Fsp3) is 0.909. The van der Waals surface area contributed by atoms with Gasteiger partial charge in [-0.1, -0.05) is 13.8 Å². The van der Waals surface area contributed by atoms with Crippen LogP contribution in [-0.2, 0) is 9.53 Å². The average molecular weight is 199 g/mol. The Labute approximate surface area is 86.4 Å². The minimum Gasteiger partial charge on any atom is -0.462 e. The molecule has 3 nitrogen and oxygen atoms in total. The molecule has 0 unspecified atom stereocenters. The van der Waals surface area contributed by atoms with Crippen molar-refractivity contribution in [3.63, 3.8) is 0 Å². The number of nitrogens with zero attached hydrogens (tertiary/aromatic N) is 1. The molecule has 0 aliphatic carbocycles. The molecule has 1 fully saturated rings. The summed E-state index contributed by atoms with van der Waals surface area (Å²) in [7, 11) is 2.12. The molecule has 0 aromatic heterocycles. The van der Waals surface area contributed by atoms with Gasteiger partial charge in [0.25, 0.3) is 0 Å². The maximum absolute atomic E-state index is 11.2. The van der Waals surface area contributed by atoms with Crippen LogP contribution in [0, 0.1) is 5.92 Å². The Kier molecular flexibility index (Phi) is 3.93. The number of likely N-dealkylation sites (tertiary alicyclic amines) is 1. The van der Waals surface area contributed by atoms with Gasteiger partial charge >= 0.3 is 5.97 Å². The van der Waals surface area contributed by atoms with Gasteiger partial charge in [-0.05, 0) is 20.4 Å². The second-order valence-electron chi connectivity index (χ2n) is 4.38. The van der Waals surface area contributed by atoms with E-state index in [9.17, 15) is 4.79 Å². The van der Waals surface area contributed by atoms with Crippen molar-refractivity contribution in [2.75, 3.05) is 13.6 Å². The van der Waals surface area contributed by atoms with Crippen LogP contribution in [0.3, 0.4) is 0 Å². The third-order valence-corrected chi connectivity index (χ3v) is 3.11. The van der Waals surface area contributed by atoms with E-state index in [1.165, 1.54) is 0 Å². The molecule has 0 saturated carbocycles. The van der Waals surface area contributed by atoms with Crippen molar-refractivity contribution in [3.05, 3.63) is 0 Å². The lowest BCUT2D eigenvalue weighted by Gasteiger charge is -2.38. The number of carbonyl (C=O) groups is 1. The molecule has 1 rings (SSSR count). The van der Waals surface area contributed by atoms with Crippen molar-refractivity contribution < 1.29 is 9.53 Å². The summed E-state index contributed by atoms with van der Waals surface area (Å²) in [6, 6.07) is 0.515. The third-order valence-electron chi connectivity index (χ3n) is 3.11. The second kappa shape index (κ2) is 4.78. The molecular weight excluding hydrogens is 178 g/mol. The van der Waals surface area contributed by atoms with Gasteiger partial charge in [0, 0.05) is 24.9 Å². The van der Waals surface area contributed by atoms with E-state index >= 15 is 0 Å². The SMILES string of the molecule is CCC(=O)O[C@@H]1C[C@H](C)N(C)C[C@@H]1C. The van der Waals surface area contributed by atoms with E-state index in [2.05, 4.69) is 25.8 Å². The predicted molar refractivity (Wildman–Crippen MR) is 56.0 cm³/mol. The molecule has 0 spiro atoms. The van der Waals surface area contributed by atoms with Crippen molar-refractivity contribution in [1.29, 1.82) is 0 Å². The molecule has 1 heterocycles. The number of hydrogen-bond acceptors (Lipinski definition) is 3. The molecule has 14 heavy (non-hydrogen) atoms. The number of carbonyl (C=O) groups excluding carboxylic acids is 1. The summed E-state index contributed by atoms with van der Waals surface area (Å²) in [5, 5.41) is 0. The number of ether oxygens (including phenoxy) is 1. The van der Waals surface area contributed by atoms with E-state index in [4.69, 9.17) is 4.74 Å². The Morgan fingerprint density at radius 1 is 1.50 bits per heavy atom. The Morgan fingerprint density at radius 2 is 2.14 bits per heavy atom. The fourth-order valence-corrected chi connectivity index (χ4v) is 1.92. The topological polar surface area (TPSA) is 29.5 Å². The van der Waals surface area contributed by atoms with Crippen LogP contribution >= 0.6 is 0 Å². The van der Waals surface area contributed by atoms with Crippen LogP contribution in [-0.4, -0.2) is 36.6 Å². The molecule has 1 aliphatic heterocycles. The smallest absolute Gasteiger partial charge is 0.305 e. The highest BCUT2D eigenvalue weighted by molar-refractivity contribution is 5.69. The minimum atomic E-state index is -0.0707. The molecule has 0 bridgehead atoms. The minimum absolute atomic E-state index is 0.0707. The Morgan fingerprint density at radius 3 is 2.71 bits per heavy atom. The van der Waals surface area contributed by atoms with Crippen LogP contribution in [0.1, 0.15) is 33.6 Å². The summed E-state index contributed by atoms with van der Waals surface area (Å²) in [4.78, 5) is 13.5. The molecule has 0 amide bonds. The highest BCUT2D eigenvalue weighted by Crippen LogP contribution is 2.23. The van der Waals surface area contributed by atoms with Crippen molar-refractivity contribution in [2.24, 2.45) is 5.92 Å². The van der Waals surface area contributed by atoms with Crippen LogP contribution in [0.2, 0.25) is 0 Å². The van der Waals surface area contributed by atoms with Gasteiger partial charge < -0.3 is 9.64 Å². The predicted octanol–water partition coefficient (Wildman–Crippen LogP) is 1.67. The summed E-state index contributed by atoms with van der Waals surface area (Å²) < 4.78 is 5.41. The number of hydrogen-bond donors (Lipinski definition) is 0. The maximum Gasteiger partial charge on any atom is 0.305 e. The normalized spacial score (nSPS) is 34.1. The van der Waals surface area contributed by atoms with E-state index in [1.54, 1.807) is 0 Å². The number of rotatable bonds is 2. The monoisotopic (exact) mass is 199 g/mol. The molecular formula is C11H21NO2. The number of piperidine rings is 1. The zero-order chi connectivity index (χ0) is 10.7. The Balaban J connectivity index is 2.48. The van der Waals surface area contributed by atoms with Gasteiger partial charge in [-0.2, -0.15) is 0 Å².